The molecule has 0 aromatic rings. The van der Waals surface area contributed by atoms with Gasteiger partial charge in [0.1, 0.15) is 5.54 Å². The number of alkyl halides is 3. The highest BCUT2D eigenvalue weighted by Crippen LogP contribution is 2.25. The van der Waals surface area contributed by atoms with Crippen LogP contribution in [0.1, 0.15) is 26.7 Å². The molecule has 1 rings (SSSR count). The quantitative estimate of drug-likeness (QED) is 0.719. The van der Waals surface area contributed by atoms with Gasteiger partial charge in [0, 0.05) is 12.6 Å². The second-order valence-electron chi connectivity index (χ2n) is 5.16. The van der Waals surface area contributed by atoms with Gasteiger partial charge in [0.25, 0.3) is 0 Å². The summed E-state index contributed by atoms with van der Waals surface area (Å²) in [4.78, 5) is 13.0. The van der Waals surface area contributed by atoms with Gasteiger partial charge in [-0.15, -0.1) is 0 Å². The van der Waals surface area contributed by atoms with Crippen LogP contribution in [0.4, 0.5) is 13.2 Å². The molecule has 1 saturated carbocycles. The van der Waals surface area contributed by atoms with Crippen LogP contribution in [0.15, 0.2) is 0 Å². The number of rotatable bonds is 7. The largest absolute Gasteiger partial charge is 0.468 e. The number of nitrogens with zero attached hydrogens (tertiary/aromatic N) is 1. The summed E-state index contributed by atoms with van der Waals surface area (Å²) >= 11 is 0. The van der Waals surface area contributed by atoms with E-state index in [0.29, 0.717) is 0 Å². The monoisotopic (exact) mass is 282 g/mol. The smallest absolute Gasteiger partial charge is 0.401 e. The van der Waals surface area contributed by atoms with Gasteiger partial charge >= 0.3 is 12.1 Å². The van der Waals surface area contributed by atoms with Crippen LogP contribution in [0.3, 0.4) is 0 Å². The number of esters is 1. The van der Waals surface area contributed by atoms with E-state index in [-0.39, 0.29) is 19.1 Å². The first kappa shape index (κ1) is 16.2. The molecule has 0 aromatic carbocycles. The molecule has 0 radical (unpaired) electrons. The van der Waals surface area contributed by atoms with Crippen molar-refractivity contribution in [2.24, 2.45) is 0 Å². The maximum absolute atomic E-state index is 12.4. The minimum atomic E-state index is -4.27. The summed E-state index contributed by atoms with van der Waals surface area (Å²) in [5.74, 6) is -0.528. The lowest BCUT2D eigenvalue weighted by molar-refractivity contribution is -0.157. The number of hydrogen-bond donors (Lipinski definition) is 1. The average molecular weight is 282 g/mol. The summed E-state index contributed by atoms with van der Waals surface area (Å²) in [6.45, 7) is 2.41. The molecule has 0 aromatic heterocycles. The van der Waals surface area contributed by atoms with Crippen LogP contribution < -0.4 is 5.32 Å². The van der Waals surface area contributed by atoms with E-state index in [1.54, 1.807) is 13.8 Å². The Morgan fingerprint density at radius 3 is 2.32 bits per heavy atom. The van der Waals surface area contributed by atoms with Crippen LogP contribution in [0.5, 0.6) is 0 Å². The molecule has 0 saturated heterocycles. The second-order valence-corrected chi connectivity index (χ2v) is 5.16. The van der Waals surface area contributed by atoms with Gasteiger partial charge in [-0.3, -0.25) is 15.0 Å². The topological polar surface area (TPSA) is 41.6 Å². The lowest BCUT2D eigenvalue weighted by atomic mass is 10.0. The van der Waals surface area contributed by atoms with E-state index >= 15 is 0 Å². The van der Waals surface area contributed by atoms with Crippen LogP contribution in [0, 0.1) is 0 Å². The van der Waals surface area contributed by atoms with Gasteiger partial charge in [0.2, 0.25) is 0 Å². The summed E-state index contributed by atoms with van der Waals surface area (Å²) in [5, 5.41) is 3.09. The molecule has 1 atom stereocenters. The molecule has 0 amide bonds. The van der Waals surface area contributed by atoms with Crippen molar-refractivity contribution in [2.45, 2.75) is 44.4 Å². The van der Waals surface area contributed by atoms with E-state index in [1.165, 1.54) is 12.0 Å². The minimum absolute atomic E-state index is 0.0216. The third kappa shape index (κ3) is 5.36. The molecule has 7 heteroatoms. The van der Waals surface area contributed by atoms with Gasteiger partial charge in [-0.2, -0.15) is 13.2 Å². The summed E-state index contributed by atoms with van der Waals surface area (Å²) in [7, 11) is 1.25. The molecule has 1 aliphatic carbocycles. The maximum atomic E-state index is 12.4. The van der Waals surface area contributed by atoms with Crippen LogP contribution in [-0.2, 0) is 9.53 Å². The molecule has 19 heavy (non-hydrogen) atoms. The number of halogens is 3. The van der Waals surface area contributed by atoms with Gasteiger partial charge < -0.3 is 4.74 Å². The standard InChI is InChI=1S/C12H21F3N2O2/c1-4-17(8-12(13,14)15)7-11(2,10(18)19-3)16-9-5-6-9/h9,16H,4-8H2,1-3H3. The second kappa shape index (κ2) is 6.09. The number of ether oxygens (including phenoxy) is 1. The molecule has 4 nitrogen and oxygen atoms in total. The lowest BCUT2D eigenvalue weighted by Crippen LogP contribution is -2.59. The van der Waals surface area contributed by atoms with Crippen molar-refractivity contribution in [3.8, 4) is 0 Å². The third-order valence-electron chi connectivity index (χ3n) is 3.13. The number of carbonyl (C=O) groups is 1. The molecule has 0 bridgehead atoms. The molecule has 1 fully saturated rings. The van der Waals surface area contributed by atoms with E-state index in [2.05, 4.69) is 5.32 Å². The van der Waals surface area contributed by atoms with Crippen molar-refractivity contribution in [3.05, 3.63) is 0 Å². The highest BCUT2D eigenvalue weighted by molar-refractivity contribution is 5.80. The number of likely N-dealkylation sites (N-methyl/N-ethyl adjacent to an activating group) is 1. The number of hydrogen-bond acceptors (Lipinski definition) is 4. The number of carbonyl (C=O) groups excluding carboxylic acids is 1. The average Bonchev–Trinajstić information content (AvgIpc) is 3.08. The first-order chi connectivity index (χ1) is 8.70. The zero-order valence-electron chi connectivity index (χ0n) is 11.5. The molecule has 1 unspecified atom stereocenters. The zero-order valence-corrected chi connectivity index (χ0v) is 11.5. The van der Waals surface area contributed by atoms with Crippen molar-refractivity contribution in [1.82, 2.24) is 10.2 Å². The van der Waals surface area contributed by atoms with E-state index < -0.39 is 24.2 Å². The summed E-state index contributed by atoms with van der Waals surface area (Å²) in [6, 6.07) is 0.202. The van der Waals surface area contributed by atoms with Crippen LogP contribution in [0.2, 0.25) is 0 Å². The Balaban J connectivity index is 2.70. The Kier molecular flexibility index (Phi) is 5.20. The van der Waals surface area contributed by atoms with Crippen LogP contribution in [0.25, 0.3) is 0 Å². The maximum Gasteiger partial charge on any atom is 0.401 e. The van der Waals surface area contributed by atoms with E-state index in [0.717, 1.165) is 12.8 Å². The minimum Gasteiger partial charge on any atom is -0.468 e. The SMILES string of the molecule is CCN(CC(F)(F)F)CC(C)(NC1CC1)C(=O)OC. The van der Waals surface area contributed by atoms with Crippen molar-refractivity contribution in [2.75, 3.05) is 26.7 Å². The predicted molar refractivity (Wildman–Crippen MR) is 64.7 cm³/mol. The number of nitrogens with one attached hydrogen (secondary N) is 1. The fourth-order valence-electron chi connectivity index (χ4n) is 2.05. The zero-order chi connectivity index (χ0) is 14.7. The third-order valence-corrected chi connectivity index (χ3v) is 3.13. The first-order valence-electron chi connectivity index (χ1n) is 6.35. The summed E-state index contributed by atoms with van der Waals surface area (Å²) in [5.41, 5.74) is -1.10. The van der Waals surface area contributed by atoms with Crippen LogP contribution in [-0.4, -0.2) is 55.4 Å². The van der Waals surface area contributed by atoms with Gasteiger partial charge in [-0.25, -0.2) is 0 Å². The molecule has 1 aliphatic rings. The lowest BCUT2D eigenvalue weighted by Gasteiger charge is -2.34. The normalized spacial score (nSPS) is 19.3. The van der Waals surface area contributed by atoms with Crippen LogP contribution >= 0.6 is 0 Å². The Morgan fingerprint density at radius 1 is 1.37 bits per heavy atom. The fraction of sp³-hybridized carbons (Fsp3) is 0.917. The highest BCUT2D eigenvalue weighted by Gasteiger charge is 2.42. The Bertz CT molecular complexity index is 319. The summed E-state index contributed by atoms with van der Waals surface area (Å²) in [6.07, 6.45) is -2.39. The van der Waals surface area contributed by atoms with Crippen molar-refractivity contribution < 1.29 is 22.7 Å². The first-order valence-corrected chi connectivity index (χ1v) is 6.35. The molecular formula is C12H21F3N2O2. The Labute approximate surface area is 111 Å². The Hall–Kier alpha value is -0.820. The number of methoxy groups -OCH3 is 1. The molecule has 0 aliphatic heterocycles. The van der Waals surface area contributed by atoms with Gasteiger partial charge in [-0.1, -0.05) is 6.92 Å². The van der Waals surface area contributed by atoms with E-state index in [9.17, 15) is 18.0 Å². The Morgan fingerprint density at radius 2 is 1.95 bits per heavy atom. The highest BCUT2D eigenvalue weighted by atomic mass is 19.4. The molecule has 0 spiro atoms. The van der Waals surface area contributed by atoms with Gasteiger partial charge in [0.05, 0.1) is 13.7 Å². The molecule has 0 heterocycles. The van der Waals surface area contributed by atoms with E-state index in [4.69, 9.17) is 4.74 Å². The van der Waals surface area contributed by atoms with Gasteiger partial charge in [0.15, 0.2) is 0 Å². The van der Waals surface area contributed by atoms with Crippen molar-refractivity contribution in [3.63, 3.8) is 0 Å². The molecular weight excluding hydrogens is 261 g/mol. The van der Waals surface area contributed by atoms with E-state index in [1.807, 2.05) is 0 Å². The molecule has 112 valence electrons. The van der Waals surface area contributed by atoms with Crippen molar-refractivity contribution >= 4 is 5.97 Å². The molecule has 1 N–H and O–H groups in total. The van der Waals surface area contributed by atoms with Crippen molar-refractivity contribution in [1.29, 1.82) is 0 Å². The summed E-state index contributed by atoms with van der Waals surface area (Å²) < 4.78 is 42.1. The fourth-order valence-corrected chi connectivity index (χ4v) is 2.05. The predicted octanol–water partition coefficient (Wildman–Crippen LogP) is 1.55. The van der Waals surface area contributed by atoms with Gasteiger partial charge in [-0.05, 0) is 26.3 Å².